The lowest BCUT2D eigenvalue weighted by molar-refractivity contribution is -0.0667. The molecule has 0 aliphatic carbocycles. The zero-order valence-corrected chi connectivity index (χ0v) is 18.8. The predicted octanol–water partition coefficient (Wildman–Crippen LogP) is 2.60. The third-order valence-electron chi connectivity index (χ3n) is 4.78. The topological polar surface area (TPSA) is 87.8 Å². The van der Waals surface area contributed by atoms with Crippen molar-refractivity contribution in [3.05, 3.63) is 17.0 Å². The van der Waals surface area contributed by atoms with Crippen molar-refractivity contribution in [2.24, 2.45) is 15.5 Å². The van der Waals surface area contributed by atoms with Crippen LogP contribution in [-0.2, 0) is 16.6 Å². The van der Waals surface area contributed by atoms with Crippen LogP contribution < -0.4 is 10.5 Å². The summed E-state index contributed by atoms with van der Waals surface area (Å²) in [7, 11) is -3.63. The van der Waals surface area contributed by atoms with Crippen LogP contribution in [0.25, 0.3) is 0 Å². The number of nitrogens with two attached hydrogens (primary N) is 1. The van der Waals surface area contributed by atoms with E-state index < -0.39 is 10.0 Å². The third-order valence-corrected chi connectivity index (χ3v) is 7.29. The Labute approximate surface area is 166 Å². The Hall–Kier alpha value is -0.390. The van der Waals surface area contributed by atoms with Crippen LogP contribution in [0.3, 0.4) is 0 Å². The van der Waals surface area contributed by atoms with E-state index in [4.69, 9.17) is 5.14 Å². The molecule has 3 N–H and O–H groups in total. The molecule has 138 valence electrons. The fourth-order valence-corrected chi connectivity index (χ4v) is 4.25. The van der Waals surface area contributed by atoms with Crippen molar-refractivity contribution in [2.75, 3.05) is 13.1 Å². The fourth-order valence-electron chi connectivity index (χ4n) is 2.54. The molecule has 0 amide bonds. The molecule has 0 aromatic carbocycles. The summed E-state index contributed by atoms with van der Waals surface area (Å²) < 4.78 is 22.9. The van der Waals surface area contributed by atoms with Crippen molar-refractivity contribution in [3.8, 4) is 0 Å². The molecule has 0 unspecified atom stereocenters. The van der Waals surface area contributed by atoms with Crippen LogP contribution >= 0.6 is 35.3 Å². The zero-order chi connectivity index (χ0) is 17.5. The van der Waals surface area contributed by atoms with Gasteiger partial charge in [0.2, 0.25) is 10.0 Å². The quantitative estimate of drug-likeness (QED) is 0.389. The average Bonchev–Trinajstić information content (AvgIpc) is 2.90. The Bertz CT molecular complexity index is 711. The molecule has 2 heterocycles. The van der Waals surface area contributed by atoms with E-state index in [1.54, 1.807) is 6.07 Å². The van der Waals surface area contributed by atoms with Gasteiger partial charge in [-0.2, -0.15) is 0 Å². The summed E-state index contributed by atoms with van der Waals surface area (Å²) in [6, 6.07) is 3.30. The van der Waals surface area contributed by atoms with Gasteiger partial charge in [0.1, 0.15) is 4.21 Å². The van der Waals surface area contributed by atoms with Crippen molar-refractivity contribution in [2.45, 2.75) is 50.9 Å². The molecule has 6 nitrogen and oxygen atoms in total. The van der Waals surface area contributed by atoms with E-state index in [1.807, 2.05) is 6.92 Å². The number of aliphatic imine (C=N–C) groups is 1. The van der Waals surface area contributed by atoms with Gasteiger partial charge in [0.25, 0.3) is 0 Å². The van der Waals surface area contributed by atoms with Crippen LogP contribution in [0.1, 0.15) is 39.5 Å². The first-order valence-electron chi connectivity index (χ1n) is 7.66. The normalized spacial score (nSPS) is 19.4. The summed E-state index contributed by atoms with van der Waals surface area (Å²) in [5, 5.41) is 8.47. The van der Waals surface area contributed by atoms with Gasteiger partial charge in [0, 0.05) is 28.9 Å². The van der Waals surface area contributed by atoms with Crippen molar-refractivity contribution in [1.82, 2.24) is 10.2 Å². The van der Waals surface area contributed by atoms with Gasteiger partial charge in [-0.05, 0) is 32.9 Å². The molecule has 2 rings (SSSR count). The lowest BCUT2D eigenvalue weighted by Crippen LogP contribution is -2.72. The van der Waals surface area contributed by atoms with Crippen LogP contribution in [0.2, 0.25) is 0 Å². The van der Waals surface area contributed by atoms with Crippen LogP contribution in [0.4, 0.5) is 0 Å². The summed E-state index contributed by atoms with van der Waals surface area (Å²) >= 11 is 1.17. The van der Waals surface area contributed by atoms with Gasteiger partial charge in [-0.25, -0.2) is 18.5 Å². The molecular weight excluding hydrogens is 459 g/mol. The monoisotopic (exact) mass is 486 g/mol. The SMILES string of the molecule is CCNC(=NCc1ccc(S(N)(=O)=O)s1)N1CC(C)(C)C1(C)C.I. The molecule has 1 aliphatic heterocycles. The number of guanidine groups is 1. The molecule has 1 aromatic rings. The Morgan fingerprint density at radius 3 is 2.42 bits per heavy atom. The number of sulfonamides is 1. The number of halogens is 1. The highest BCUT2D eigenvalue weighted by molar-refractivity contribution is 14.0. The molecule has 1 aliphatic rings. The minimum absolute atomic E-state index is 0. The van der Waals surface area contributed by atoms with Gasteiger partial charge in [-0.15, -0.1) is 35.3 Å². The summed E-state index contributed by atoms with van der Waals surface area (Å²) in [5.41, 5.74) is 0.252. The second-order valence-electron chi connectivity index (χ2n) is 6.96. The lowest BCUT2D eigenvalue weighted by atomic mass is 9.65. The number of likely N-dealkylation sites (tertiary alicyclic amines) is 1. The molecule has 24 heavy (non-hydrogen) atoms. The largest absolute Gasteiger partial charge is 0.356 e. The molecule has 1 aromatic heterocycles. The Balaban J connectivity index is 0.00000288. The summed E-state index contributed by atoms with van der Waals surface area (Å²) in [6.45, 7) is 13.2. The number of rotatable bonds is 4. The van der Waals surface area contributed by atoms with Crippen molar-refractivity contribution in [1.29, 1.82) is 0 Å². The van der Waals surface area contributed by atoms with Gasteiger partial charge < -0.3 is 10.2 Å². The molecule has 0 bridgehead atoms. The van der Waals surface area contributed by atoms with Gasteiger partial charge in [0.05, 0.1) is 6.54 Å². The van der Waals surface area contributed by atoms with E-state index in [-0.39, 0.29) is 39.1 Å². The van der Waals surface area contributed by atoms with Crippen LogP contribution in [0.15, 0.2) is 21.3 Å². The molecule has 0 saturated carbocycles. The Morgan fingerprint density at radius 2 is 2.00 bits per heavy atom. The molecule has 9 heteroatoms. The molecule has 1 saturated heterocycles. The zero-order valence-electron chi connectivity index (χ0n) is 14.8. The van der Waals surface area contributed by atoms with Gasteiger partial charge in [0.15, 0.2) is 5.96 Å². The number of hydrogen-bond donors (Lipinski definition) is 2. The smallest absolute Gasteiger partial charge is 0.247 e. The molecule has 0 atom stereocenters. The lowest BCUT2D eigenvalue weighted by Gasteiger charge is -2.62. The van der Waals surface area contributed by atoms with Gasteiger partial charge in [-0.1, -0.05) is 13.8 Å². The second-order valence-corrected chi connectivity index (χ2v) is 9.92. The van der Waals surface area contributed by atoms with Crippen molar-refractivity contribution < 1.29 is 8.42 Å². The minimum Gasteiger partial charge on any atom is -0.356 e. The molecule has 0 radical (unpaired) electrons. The maximum atomic E-state index is 11.3. The average molecular weight is 486 g/mol. The van der Waals surface area contributed by atoms with Crippen molar-refractivity contribution in [3.63, 3.8) is 0 Å². The minimum atomic E-state index is -3.63. The second kappa shape index (κ2) is 7.46. The molecule has 0 spiro atoms. The first kappa shape index (κ1) is 21.7. The standard InChI is InChI=1S/C15H26N4O2S2.HI/c1-6-17-13(19-10-14(2,3)15(19,4)5)18-9-11-7-8-12(22-11)23(16,20)21;/h7-8H,6,9-10H2,1-5H3,(H,17,18)(H2,16,20,21);1H. The highest BCUT2D eigenvalue weighted by atomic mass is 127. The van der Waals surface area contributed by atoms with Crippen LogP contribution in [0.5, 0.6) is 0 Å². The van der Waals surface area contributed by atoms with Crippen LogP contribution in [0, 0.1) is 5.41 Å². The number of thiophene rings is 1. The predicted molar refractivity (Wildman–Crippen MR) is 110 cm³/mol. The van der Waals surface area contributed by atoms with Gasteiger partial charge in [-0.3, -0.25) is 0 Å². The Morgan fingerprint density at radius 1 is 1.38 bits per heavy atom. The molecular formula is C15H27IN4O2S2. The number of nitrogens with one attached hydrogen (secondary N) is 1. The summed E-state index contributed by atoms with van der Waals surface area (Å²) in [6.07, 6.45) is 0. The maximum absolute atomic E-state index is 11.3. The van der Waals surface area contributed by atoms with E-state index in [9.17, 15) is 8.42 Å². The van der Waals surface area contributed by atoms with E-state index in [2.05, 4.69) is 42.9 Å². The first-order valence-corrected chi connectivity index (χ1v) is 10.0. The fraction of sp³-hybridized carbons (Fsp3) is 0.667. The summed E-state index contributed by atoms with van der Waals surface area (Å²) in [4.78, 5) is 7.81. The van der Waals surface area contributed by atoms with E-state index >= 15 is 0 Å². The summed E-state index contributed by atoms with van der Waals surface area (Å²) in [5.74, 6) is 0.863. The van der Waals surface area contributed by atoms with E-state index in [0.29, 0.717) is 6.54 Å². The number of nitrogens with zero attached hydrogens (tertiary/aromatic N) is 2. The highest BCUT2D eigenvalue weighted by Crippen LogP contribution is 2.46. The third kappa shape index (κ3) is 4.23. The van der Waals surface area contributed by atoms with E-state index in [1.165, 1.54) is 17.4 Å². The first-order chi connectivity index (χ1) is 10.5. The number of hydrogen-bond acceptors (Lipinski definition) is 4. The molecule has 1 fully saturated rings. The highest BCUT2D eigenvalue weighted by Gasteiger charge is 2.53. The number of primary sulfonamides is 1. The maximum Gasteiger partial charge on any atom is 0.247 e. The van der Waals surface area contributed by atoms with Gasteiger partial charge >= 0.3 is 0 Å². The van der Waals surface area contributed by atoms with Crippen LogP contribution in [-0.4, -0.2) is 37.9 Å². The Kier molecular flexibility index (Phi) is 6.73. The van der Waals surface area contributed by atoms with Crippen molar-refractivity contribution >= 4 is 51.3 Å². The van der Waals surface area contributed by atoms with E-state index in [0.717, 1.165) is 23.9 Å².